The second-order valence-corrected chi connectivity index (χ2v) is 3.18. The van der Waals surface area contributed by atoms with E-state index >= 15 is 0 Å². The van der Waals surface area contributed by atoms with Gasteiger partial charge in [0.2, 0.25) is 0 Å². The molecule has 2 fully saturated rings. The van der Waals surface area contributed by atoms with E-state index in [1.807, 2.05) is 0 Å². The molecule has 2 rings (SSSR count). The molecule has 2 saturated heterocycles. The minimum atomic E-state index is -0.108. The van der Waals surface area contributed by atoms with Crippen LogP contribution >= 0.6 is 12.4 Å². The third-order valence-electron chi connectivity index (χ3n) is 2.38. The summed E-state index contributed by atoms with van der Waals surface area (Å²) in [5, 5.41) is 0. The van der Waals surface area contributed by atoms with E-state index in [1.165, 1.54) is 0 Å². The average molecular weight is 180 g/mol. The zero-order chi connectivity index (χ0) is 7.03. The van der Waals surface area contributed by atoms with Crippen LogP contribution in [0.5, 0.6) is 0 Å². The first-order valence-electron chi connectivity index (χ1n) is 3.80. The second-order valence-electron chi connectivity index (χ2n) is 3.18. The minimum absolute atomic E-state index is 0. The lowest BCUT2D eigenvalue weighted by Crippen LogP contribution is -2.46. The van der Waals surface area contributed by atoms with Gasteiger partial charge < -0.3 is 15.2 Å². The van der Waals surface area contributed by atoms with Crippen molar-refractivity contribution in [2.24, 2.45) is 5.73 Å². The average Bonchev–Trinajstić information content (AvgIpc) is 2.29. The van der Waals surface area contributed by atoms with Gasteiger partial charge in [-0.15, -0.1) is 12.4 Å². The fourth-order valence-electron chi connectivity index (χ4n) is 1.70. The summed E-state index contributed by atoms with van der Waals surface area (Å²) in [6.45, 7) is 2.06. The molecular weight excluding hydrogens is 166 g/mol. The van der Waals surface area contributed by atoms with Crippen LogP contribution in [-0.2, 0) is 9.47 Å². The number of hydrogen-bond donors (Lipinski definition) is 1. The molecule has 2 aliphatic heterocycles. The van der Waals surface area contributed by atoms with Gasteiger partial charge in [0.25, 0.3) is 0 Å². The number of nitrogens with two attached hydrogens (primary N) is 1. The molecule has 0 aromatic rings. The summed E-state index contributed by atoms with van der Waals surface area (Å²) in [7, 11) is 0. The van der Waals surface area contributed by atoms with Crippen molar-refractivity contribution in [2.75, 3.05) is 19.8 Å². The maximum absolute atomic E-state index is 5.68. The Morgan fingerprint density at radius 2 is 2.36 bits per heavy atom. The molecule has 66 valence electrons. The van der Waals surface area contributed by atoms with E-state index < -0.39 is 0 Å². The highest BCUT2D eigenvalue weighted by molar-refractivity contribution is 5.85. The van der Waals surface area contributed by atoms with Crippen LogP contribution in [0.15, 0.2) is 0 Å². The molecule has 0 saturated carbocycles. The van der Waals surface area contributed by atoms with Crippen LogP contribution in [0.1, 0.15) is 12.8 Å². The maximum Gasteiger partial charge on any atom is 0.104 e. The Morgan fingerprint density at radius 3 is 3.00 bits per heavy atom. The Bertz CT molecular complexity index is 140. The van der Waals surface area contributed by atoms with Crippen LogP contribution in [0.3, 0.4) is 0 Å². The lowest BCUT2D eigenvalue weighted by atomic mass is 10.0. The molecule has 2 atom stereocenters. The molecule has 0 amide bonds. The van der Waals surface area contributed by atoms with Crippen molar-refractivity contribution in [1.29, 1.82) is 0 Å². The van der Waals surface area contributed by atoms with Crippen molar-refractivity contribution in [3.63, 3.8) is 0 Å². The molecule has 0 radical (unpaired) electrons. The fraction of sp³-hybridized carbons (Fsp3) is 1.00. The second kappa shape index (κ2) is 3.27. The molecule has 2 bridgehead atoms. The van der Waals surface area contributed by atoms with Gasteiger partial charge in [0.15, 0.2) is 0 Å². The summed E-state index contributed by atoms with van der Waals surface area (Å²) >= 11 is 0. The summed E-state index contributed by atoms with van der Waals surface area (Å²) in [5.74, 6) is 0. The summed E-state index contributed by atoms with van der Waals surface area (Å²) < 4.78 is 11.0. The van der Waals surface area contributed by atoms with Crippen molar-refractivity contribution >= 4 is 12.4 Å². The predicted octanol–water partition coefficient (Wildman–Crippen LogP) is 0.315. The van der Waals surface area contributed by atoms with Gasteiger partial charge in [0, 0.05) is 6.54 Å². The highest BCUT2D eigenvalue weighted by Gasteiger charge is 2.42. The van der Waals surface area contributed by atoms with Gasteiger partial charge in [-0.05, 0) is 12.8 Å². The van der Waals surface area contributed by atoms with E-state index in [2.05, 4.69) is 0 Å². The van der Waals surface area contributed by atoms with Crippen molar-refractivity contribution in [3.8, 4) is 0 Å². The Hall–Kier alpha value is 0.170. The standard InChI is InChI=1S/C7H13NO2.ClH/c8-4-7-2-1-6(10-7)3-9-5-7;/h6H,1-5,8H2;1H. The van der Waals surface area contributed by atoms with E-state index in [1.54, 1.807) is 0 Å². The highest BCUT2D eigenvalue weighted by Crippen LogP contribution is 2.33. The molecule has 2 N–H and O–H groups in total. The first kappa shape index (κ1) is 9.26. The molecule has 2 aliphatic rings. The summed E-state index contributed by atoms with van der Waals surface area (Å²) in [6.07, 6.45) is 2.53. The van der Waals surface area contributed by atoms with Crippen LogP contribution in [0.25, 0.3) is 0 Å². The zero-order valence-corrected chi connectivity index (χ0v) is 7.23. The van der Waals surface area contributed by atoms with Gasteiger partial charge in [-0.2, -0.15) is 0 Å². The Labute approximate surface area is 72.6 Å². The molecular formula is C7H14ClNO2. The van der Waals surface area contributed by atoms with Crippen molar-refractivity contribution in [2.45, 2.75) is 24.5 Å². The van der Waals surface area contributed by atoms with Crippen LogP contribution in [0.4, 0.5) is 0 Å². The van der Waals surface area contributed by atoms with Crippen LogP contribution < -0.4 is 5.73 Å². The van der Waals surface area contributed by atoms with Gasteiger partial charge in [-0.1, -0.05) is 0 Å². The molecule has 0 aromatic heterocycles. The number of fused-ring (bicyclic) bond motifs is 2. The molecule has 3 nitrogen and oxygen atoms in total. The Balaban J connectivity index is 0.000000605. The molecule has 0 aromatic carbocycles. The summed E-state index contributed by atoms with van der Waals surface area (Å²) in [6, 6.07) is 0. The van der Waals surface area contributed by atoms with Gasteiger partial charge in [0.1, 0.15) is 5.60 Å². The maximum atomic E-state index is 5.68. The van der Waals surface area contributed by atoms with Gasteiger partial charge in [0.05, 0.1) is 19.3 Å². The molecule has 11 heavy (non-hydrogen) atoms. The minimum Gasteiger partial charge on any atom is -0.376 e. The van der Waals surface area contributed by atoms with Crippen molar-refractivity contribution < 1.29 is 9.47 Å². The number of hydrogen-bond acceptors (Lipinski definition) is 3. The molecule has 4 heteroatoms. The van der Waals surface area contributed by atoms with E-state index in [9.17, 15) is 0 Å². The van der Waals surface area contributed by atoms with Crippen LogP contribution in [-0.4, -0.2) is 31.5 Å². The normalized spacial score (nSPS) is 41.7. The van der Waals surface area contributed by atoms with Crippen molar-refractivity contribution in [1.82, 2.24) is 0 Å². The first-order valence-corrected chi connectivity index (χ1v) is 3.80. The SMILES string of the molecule is Cl.NCC12CCC(COC1)O2. The molecule has 2 heterocycles. The first-order chi connectivity index (χ1) is 4.85. The highest BCUT2D eigenvalue weighted by atomic mass is 35.5. The number of halogens is 1. The zero-order valence-electron chi connectivity index (χ0n) is 6.41. The predicted molar refractivity (Wildman–Crippen MR) is 44.0 cm³/mol. The van der Waals surface area contributed by atoms with Crippen LogP contribution in [0.2, 0.25) is 0 Å². The van der Waals surface area contributed by atoms with E-state index in [4.69, 9.17) is 15.2 Å². The van der Waals surface area contributed by atoms with Gasteiger partial charge in [-0.25, -0.2) is 0 Å². The molecule has 2 unspecified atom stereocenters. The Morgan fingerprint density at radius 1 is 1.55 bits per heavy atom. The lowest BCUT2D eigenvalue weighted by Gasteiger charge is -2.31. The largest absolute Gasteiger partial charge is 0.376 e. The topological polar surface area (TPSA) is 44.5 Å². The third-order valence-corrected chi connectivity index (χ3v) is 2.38. The van der Waals surface area contributed by atoms with E-state index in [0.717, 1.165) is 19.4 Å². The quantitative estimate of drug-likeness (QED) is 0.631. The third kappa shape index (κ3) is 1.51. The van der Waals surface area contributed by atoms with Crippen LogP contribution in [0, 0.1) is 0 Å². The number of ether oxygens (including phenoxy) is 2. The summed E-state index contributed by atoms with van der Waals surface area (Å²) in [5.41, 5.74) is 5.46. The van der Waals surface area contributed by atoms with Crippen molar-refractivity contribution in [3.05, 3.63) is 0 Å². The van der Waals surface area contributed by atoms with Gasteiger partial charge in [-0.3, -0.25) is 0 Å². The molecule has 0 spiro atoms. The summed E-state index contributed by atoms with van der Waals surface area (Å²) in [4.78, 5) is 0. The Kier molecular flexibility index (Phi) is 2.75. The van der Waals surface area contributed by atoms with E-state index in [0.29, 0.717) is 19.3 Å². The monoisotopic (exact) mass is 179 g/mol. The molecule has 0 aliphatic carbocycles. The van der Waals surface area contributed by atoms with Gasteiger partial charge >= 0.3 is 0 Å². The van der Waals surface area contributed by atoms with E-state index in [-0.39, 0.29) is 18.0 Å². The fourth-order valence-corrected chi connectivity index (χ4v) is 1.70. The number of rotatable bonds is 1. The lowest BCUT2D eigenvalue weighted by molar-refractivity contribution is -0.153. The smallest absolute Gasteiger partial charge is 0.104 e.